The Bertz CT molecular complexity index is 1450. The van der Waals surface area contributed by atoms with E-state index in [0.717, 1.165) is 83.5 Å². The molecule has 0 aliphatic rings. The van der Waals surface area contributed by atoms with E-state index < -0.39 is 32.5 Å². The fraction of sp³-hybridized carbons (Fsp3) is 0.695. The number of hydrogen-bond acceptors (Lipinski definition) is 8. The summed E-state index contributed by atoms with van der Waals surface area (Å²) in [7, 11) is -4.40. The zero-order valence-electron chi connectivity index (χ0n) is 44.0. The molecular weight excluding hydrogens is 882 g/mol. The van der Waals surface area contributed by atoms with Crippen molar-refractivity contribution in [3.8, 4) is 0 Å². The molecule has 3 N–H and O–H groups in total. The minimum atomic E-state index is -4.40. The van der Waals surface area contributed by atoms with E-state index in [0.29, 0.717) is 12.8 Å². The molecule has 10 heteroatoms. The minimum Gasteiger partial charge on any atom is -0.462 e. The quantitative estimate of drug-likeness (QED) is 0.0264. The first kappa shape index (κ1) is 65.9. The Kier molecular flexibility index (Phi) is 51.9. The van der Waals surface area contributed by atoms with Crippen LogP contribution in [0.15, 0.2) is 97.2 Å². The number of carbonyl (C=O) groups excluding carboxylic acids is 2. The first-order valence-electron chi connectivity index (χ1n) is 27.7. The van der Waals surface area contributed by atoms with E-state index in [1.165, 1.54) is 109 Å². The SMILES string of the molecule is CC/C=C\C/C=C\C/C=C\C/C=C\CCCCCCCCCCCCCCCCCCCCCCC(=O)OC(COC(=O)CCCC/C=C\C/C=C\C/C=C\C/C=C\CC)COP(=O)(O)OCCN. The lowest BCUT2D eigenvalue weighted by molar-refractivity contribution is -0.161. The van der Waals surface area contributed by atoms with Gasteiger partial charge in [-0.2, -0.15) is 0 Å². The van der Waals surface area contributed by atoms with Crippen LogP contribution in [-0.4, -0.2) is 49.3 Å². The maximum Gasteiger partial charge on any atom is 0.472 e. The summed E-state index contributed by atoms with van der Waals surface area (Å²) in [5.74, 6) is -0.876. The monoisotopic (exact) mass is 984 g/mol. The average molecular weight is 984 g/mol. The van der Waals surface area contributed by atoms with E-state index in [-0.39, 0.29) is 32.6 Å². The van der Waals surface area contributed by atoms with Crippen LogP contribution < -0.4 is 5.73 Å². The van der Waals surface area contributed by atoms with Gasteiger partial charge in [0, 0.05) is 19.4 Å². The van der Waals surface area contributed by atoms with Gasteiger partial charge in [-0.25, -0.2) is 4.57 Å². The van der Waals surface area contributed by atoms with E-state index in [1.54, 1.807) is 0 Å². The molecule has 69 heavy (non-hydrogen) atoms. The third-order valence-electron chi connectivity index (χ3n) is 11.5. The van der Waals surface area contributed by atoms with Gasteiger partial charge in [0.1, 0.15) is 6.61 Å². The molecule has 0 heterocycles. The highest BCUT2D eigenvalue weighted by molar-refractivity contribution is 7.47. The Morgan fingerprint density at radius 3 is 1.14 bits per heavy atom. The average Bonchev–Trinajstić information content (AvgIpc) is 3.34. The van der Waals surface area contributed by atoms with E-state index in [9.17, 15) is 19.0 Å². The molecule has 0 rings (SSSR count). The number of rotatable bonds is 51. The van der Waals surface area contributed by atoms with Gasteiger partial charge in [0.15, 0.2) is 6.10 Å². The molecule has 396 valence electrons. The molecule has 0 saturated carbocycles. The summed E-state index contributed by atoms with van der Waals surface area (Å²) in [6.45, 7) is 3.47. The summed E-state index contributed by atoms with van der Waals surface area (Å²) in [6, 6.07) is 0. The van der Waals surface area contributed by atoms with E-state index in [1.807, 2.05) is 0 Å². The summed E-state index contributed by atoms with van der Waals surface area (Å²) >= 11 is 0. The molecule has 0 aromatic carbocycles. The van der Waals surface area contributed by atoms with Crippen molar-refractivity contribution in [2.75, 3.05) is 26.4 Å². The van der Waals surface area contributed by atoms with Crippen LogP contribution in [0, 0.1) is 0 Å². The summed E-state index contributed by atoms with van der Waals surface area (Å²) in [5, 5.41) is 0. The molecule has 0 amide bonds. The highest BCUT2D eigenvalue weighted by atomic mass is 31.2. The van der Waals surface area contributed by atoms with Gasteiger partial charge in [-0.05, 0) is 89.9 Å². The molecule has 0 aromatic rings. The Balaban J connectivity index is 3.92. The molecule has 9 nitrogen and oxygen atoms in total. The lowest BCUT2D eigenvalue weighted by atomic mass is 10.0. The molecule has 2 unspecified atom stereocenters. The van der Waals surface area contributed by atoms with Crippen LogP contribution in [0.2, 0.25) is 0 Å². The Morgan fingerprint density at radius 1 is 0.435 bits per heavy atom. The van der Waals surface area contributed by atoms with Gasteiger partial charge in [-0.1, -0.05) is 227 Å². The molecule has 0 radical (unpaired) electrons. The number of hydrogen-bond donors (Lipinski definition) is 2. The largest absolute Gasteiger partial charge is 0.472 e. The van der Waals surface area contributed by atoms with Crippen LogP contribution in [0.5, 0.6) is 0 Å². The van der Waals surface area contributed by atoms with Crippen LogP contribution in [0.4, 0.5) is 0 Å². The molecule has 2 atom stereocenters. The highest BCUT2D eigenvalue weighted by Crippen LogP contribution is 2.43. The number of phosphoric ester groups is 1. The van der Waals surface area contributed by atoms with E-state index >= 15 is 0 Å². The Labute approximate surface area is 423 Å². The fourth-order valence-electron chi connectivity index (χ4n) is 7.44. The lowest BCUT2D eigenvalue weighted by Crippen LogP contribution is -2.29. The predicted octanol–water partition coefficient (Wildman–Crippen LogP) is 17.3. The third kappa shape index (κ3) is 54.1. The smallest absolute Gasteiger partial charge is 0.462 e. The van der Waals surface area contributed by atoms with Crippen molar-refractivity contribution in [2.24, 2.45) is 5.73 Å². The molecular formula is C59H102NO8P. The number of unbranched alkanes of at least 4 members (excludes halogenated alkanes) is 22. The van der Waals surface area contributed by atoms with Crippen molar-refractivity contribution >= 4 is 19.8 Å². The number of allylic oxidation sites excluding steroid dienone is 16. The molecule has 0 bridgehead atoms. The highest BCUT2D eigenvalue weighted by Gasteiger charge is 2.26. The van der Waals surface area contributed by atoms with Gasteiger partial charge >= 0.3 is 19.8 Å². The number of ether oxygens (including phenoxy) is 2. The van der Waals surface area contributed by atoms with Crippen molar-refractivity contribution in [1.82, 2.24) is 0 Å². The topological polar surface area (TPSA) is 134 Å². The molecule has 0 fully saturated rings. The van der Waals surface area contributed by atoms with Gasteiger partial charge in [0.05, 0.1) is 13.2 Å². The van der Waals surface area contributed by atoms with Crippen molar-refractivity contribution in [3.63, 3.8) is 0 Å². The first-order chi connectivity index (χ1) is 33.8. The van der Waals surface area contributed by atoms with E-state index in [2.05, 4.69) is 111 Å². The predicted molar refractivity (Wildman–Crippen MR) is 293 cm³/mol. The molecule has 0 aliphatic heterocycles. The van der Waals surface area contributed by atoms with Gasteiger partial charge in [-0.15, -0.1) is 0 Å². The number of carbonyl (C=O) groups is 2. The molecule has 0 spiro atoms. The van der Waals surface area contributed by atoms with Gasteiger partial charge in [0.2, 0.25) is 0 Å². The molecule has 0 aromatic heterocycles. The van der Waals surface area contributed by atoms with Crippen LogP contribution >= 0.6 is 7.82 Å². The van der Waals surface area contributed by atoms with Gasteiger partial charge in [-0.3, -0.25) is 18.6 Å². The lowest BCUT2D eigenvalue weighted by Gasteiger charge is -2.19. The fourth-order valence-corrected chi connectivity index (χ4v) is 8.21. The van der Waals surface area contributed by atoms with Crippen molar-refractivity contribution < 1.29 is 37.6 Å². The maximum absolute atomic E-state index is 12.7. The van der Waals surface area contributed by atoms with Crippen molar-refractivity contribution in [1.29, 1.82) is 0 Å². The third-order valence-corrected chi connectivity index (χ3v) is 12.4. The van der Waals surface area contributed by atoms with E-state index in [4.69, 9.17) is 24.3 Å². The molecule has 0 aliphatic carbocycles. The number of esters is 2. The minimum absolute atomic E-state index is 0.0446. The number of phosphoric acid groups is 1. The normalized spacial score (nSPS) is 13.9. The Hall–Kier alpha value is -3.07. The van der Waals surface area contributed by atoms with Gasteiger partial charge < -0.3 is 20.1 Å². The van der Waals surface area contributed by atoms with Crippen LogP contribution in [0.1, 0.15) is 232 Å². The zero-order chi connectivity index (χ0) is 50.2. The van der Waals surface area contributed by atoms with Crippen molar-refractivity contribution in [3.05, 3.63) is 97.2 Å². The zero-order valence-corrected chi connectivity index (χ0v) is 44.9. The Morgan fingerprint density at radius 2 is 0.754 bits per heavy atom. The van der Waals surface area contributed by atoms with Crippen LogP contribution in [0.25, 0.3) is 0 Å². The standard InChI is InChI=1S/C59H102NO8P/c1-3-5-7-9-11-13-15-17-19-20-21-22-23-24-25-26-27-28-29-30-31-32-33-34-35-36-38-40-42-44-46-48-50-52-59(62)68-57(56-67-69(63,64)66-54-53-60)55-65-58(61)51-49-47-45-43-41-39-37-18-16-14-12-10-8-6-4-2/h5-8,11-14,17-19,21-22,37,41,43,57H,3-4,9-10,15-16,20,23-36,38-40,42,44-56,60H2,1-2H3,(H,63,64)/b7-5-,8-6-,13-11-,14-12-,19-17-,22-21-,37-18-,43-41-. The maximum atomic E-state index is 12.7. The van der Waals surface area contributed by atoms with Gasteiger partial charge in [0.25, 0.3) is 0 Å². The van der Waals surface area contributed by atoms with Crippen LogP contribution in [0.3, 0.4) is 0 Å². The first-order valence-corrected chi connectivity index (χ1v) is 29.2. The summed E-state index contributed by atoms with van der Waals surface area (Å²) in [5.41, 5.74) is 5.37. The summed E-state index contributed by atoms with van der Waals surface area (Å²) in [6.07, 6.45) is 72.0. The second-order valence-electron chi connectivity index (χ2n) is 18.0. The number of nitrogens with two attached hydrogens (primary N) is 1. The van der Waals surface area contributed by atoms with Crippen molar-refractivity contribution in [2.45, 2.75) is 238 Å². The second-order valence-corrected chi connectivity index (χ2v) is 19.5. The second kappa shape index (κ2) is 54.3. The van der Waals surface area contributed by atoms with Crippen LogP contribution in [-0.2, 0) is 32.7 Å². The summed E-state index contributed by atoms with van der Waals surface area (Å²) < 4.78 is 32.9. The summed E-state index contributed by atoms with van der Waals surface area (Å²) in [4.78, 5) is 35.1. The molecule has 0 saturated heterocycles.